The first-order valence-electron chi connectivity index (χ1n) is 5.56. The van der Waals surface area contributed by atoms with Gasteiger partial charge in [0.15, 0.2) is 10.8 Å². The van der Waals surface area contributed by atoms with Crippen LogP contribution in [0.4, 0.5) is 5.82 Å². The Morgan fingerprint density at radius 1 is 1.53 bits per heavy atom. The molecule has 100 valence electrons. The van der Waals surface area contributed by atoms with Crippen molar-refractivity contribution >= 4 is 29.0 Å². The van der Waals surface area contributed by atoms with Gasteiger partial charge in [0.2, 0.25) is 0 Å². The summed E-state index contributed by atoms with van der Waals surface area (Å²) in [6.07, 6.45) is 1.53. The second-order valence-corrected chi connectivity index (χ2v) is 4.48. The van der Waals surface area contributed by atoms with Crippen molar-refractivity contribution in [2.24, 2.45) is 0 Å². The maximum atomic E-state index is 11.8. The molecule has 7 nitrogen and oxygen atoms in total. The van der Waals surface area contributed by atoms with Gasteiger partial charge >= 0.3 is 5.97 Å². The smallest absolute Gasteiger partial charge is 0.343 e. The summed E-state index contributed by atoms with van der Waals surface area (Å²) < 4.78 is 4.92. The normalized spacial score (nSPS) is 10.2. The number of H-pyrrole nitrogens is 1. The van der Waals surface area contributed by atoms with Crippen LogP contribution >= 0.6 is 11.3 Å². The maximum absolute atomic E-state index is 11.8. The van der Waals surface area contributed by atoms with E-state index in [0.717, 1.165) is 0 Å². The Morgan fingerprint density at radius 2 is 2.32 bits per heavy atom. The molecule has 1 amide bonds. The number of nitrogens with one attached hydrogen (secondary N) is 2. The summed E-state index contributed by atoms with van der Waals surface area (Å²) in [7, 11) is 0. The molecule has 0 saturated heterocycles. The Morgan fingerprint density at radius 3 is 2.95 bits per heavy atom. The zero-order chi connectivity index (χ0) is 13.8. The van der Waals surface area contributed by atoms with E-state index < -0.39 is 11.9 Å². The van der Waals surface area contributed by atoms with Gasteiger partial charge in [-0.25, -0.2) is 9.78 Å². The second-order valence-electron chi connectivity index (χ2n) is 3.58. The minimum absolute atomic E-state index is 0.149. The summed E-state index contributed by atoms with van der Waals surface area (Å²) >= 11 is 1.20. The lowest BCUT2D eigenvalue weighted by Gasteiger charge is -2.04. The quantitative estimate of drug-likeness (QED) is 0.829. The van der Waals surface area contributed by atoms with E-state index in [1.807, 2.05) is 0 Å². The van der Waals surface area contributed by atoms with Crippen molar-refractivity contribution in [1.82, 2.24) is 15.2 Å². The van der Waals surface area contributed by atoms with Crippen molar-refractivity contribution in [3.63, 3.8) is 0 Å². The van der Waals surface area contributed by atoms with E-state index in [0.29, 0.717) is 10.7 Å². The number of carbonyl (C=O) groups excluding carboxylic acids is 2. The highest BCUT2D eigenvalue weighted by molar-refractivity contribution is 7.11. The van der Waals surface area contributed by atoms with Crippen LogP contribution in [0.25, 0.3) is 0 Å². The van der Waals surface area contributed by atoms with Crippen molar-refractivity contribution < 1.29 is 14.3 Å². The molecule has 0 saturated carbocycles. The van der Waals surface area contributed by atoms with Crippen LogP contribution < -0.4 is 5.32 Å². The van der Waals surface area contributed by atoms with Gasteiger partial charge in [0.25, 0.3) is 5.91 Å². The van der Waals surface area contributed by atoms with Crippen molar-refractivity contribution in [3.8, 4) is 0 Å². The third-order valence-electron chi connectivity index (χ3n) is 2.29. The molecular weight excluding hydrogens is 268 g/mol. The molecule has 2 aromatic rings. The first kappa shape index (κ1) is 13.2. The van der Waals surface area contributed by atoms with E-state index in [1.54, 1.807) is 19.2 Å². The number of aromatic amines is 1. The molecule has 0 atom stereocenters. The zero-order valence-corrected chi connectivity index (χ0v) is 11.2. The molecule has 0 aliphatic rings. The number of anilines is 1. The monoisotopic (exact) mass is 280 g/mol. The minimum atomic E-state index is -0.525. The van der Waals surface area contributed by atoms with E-state index in [1.165, 1.54) is 17.5 Å². The summed E-state index contributed by atoms with van der Waals surface area (Å²) in [4.78, 5) is 27.5. The van der Waals surface area contributed by atoms with Gasteiger partial charge in [-0.2, -0.15) is 5.10 Å². The minimum Gasteiger partial charge on any atom is -0.462 e. The van der Waals surface area contributed by atoms with Crippen molar-refractivity contribution in [3.05, 3.63) is 27.8 Å². The fraction of sp³-hybridized carbons (Fsp3) is 0.273. The van der Waals surface area contributed by atoms with Gasteiger partial charge in [-0.15, -0.1) is 11.3 Å². The van der Waals surface area contributed by atoms with Crippen molar-refractivity contribution in [2.75, 3.05) is 11.9 Å². The Hall–Kier alpha value is -2.22. The van der Waals surface area contributed by atoms with Crippen LogP contribution in [-0.4, -0.2) is 33.7 Å². The third-order valence-corrected chi connectivity index (χ3v) is 3.06. The molecule has 0 aliphatic carbocycles. The summed E-state index contributed by atoms with van der Waals surface area (Å²) in [5, 5.41) is 11.1. The van der Waals surface area contributed by atoms with Gasteiger partial charge in [-0.1, -0.05) is 0 Å². The number of carbonyl (C=O) groups is 2. The van der Waals surface area contributed by atoms with Crippen molar-refractivity contribution in [1.29, 1.82) is 0 Å². The first-order valence-corrected chi connectivity index (χ1v) is 6.44. The molecule has 0 radical (unpaired) electrons. The SMILES string of the molecule is CCOC(=O)c1c(NC(=O)c2nccs2)n[nH]c1C. The number of hydrogen-bond donors (Lipinski definition) is 2. The van der Waals surface area contributed by atoms with Crippen LogP contribution in [-0.2, 0) is 4.74 Å². The summed E-state index contributed by atoms with van der Waals surface area (Å²) in [5.41, 5.74) is 0.764. The van der Waals surface area contributed by atoms with Crippen LogP contribution in [0.3, 0.4) is 0 Å². The third kappa shape index (κ3) is 2.79. The molecule has 0 aromatic carbocycles. The van der Waals surface area contributed by atoms with Crippen LogP contribution in [0, 0.1) is 6.92 Å². The molecule has 2 heterocycles. The molecule has 2 aromatic heterocycles. The largest absolute Gasteiger partial charge is 0.462 e. The average molecular weight is 280 g/mol. The van der Waals surface area contributed by atoms with Crippen LogP contribution in [0.5, 0.6) is 0 Å². The lowest BCUT2D eigenvalue weighted by atomic mass is 10.2. The van der Waals surface area contributed by atoms with Gasteiger partial charge in [0.05, 0.1) is 6.61 Å². The number of thiazole rings is 1. The zero-order valence-electron chi connectivity index (χ0n) is 10.4. The number of amides is 1. The van der Waals surface area contributed by atoms with Crippen LogP contribution in [0.2, 0.25) is 0 Å². The van der Waals surface area contributed by atoms with E-state index in [2.05, 4.69) is 20.5 Å². The van der Waals surface area contributed by atoms with Gasteiger partial charge < -0.3 is 10.1 Å². The molecule has 0 bridgehead atoms. The highest BCUT2D eigenvalue weighted by atomic mass is 32.1. The molecular formula is C11H12N4O3S. The second kappa shape index (κ2) is 5.61. The number of nitrogens with zero attached hydrogens (tertiary/aromatic N) is 2. The van der Waals surface area contributed by atoms with Crippen molar-refractivity contribution in [2.45, 2.75) is 13.8 Å². The highest BCUT2D eigenvalue weighted by Crippen LogP contribution is 2.18. The lowest BCUT2D eigenvalue weighted by Crippen LogP contribution is -2.15. The molecule has 0 aliphatic heterocycles. The summed E-state index contributed by atoms with van der Waals surface area (Å²) in [6, 6.07) is 0. The number of hydrogen-bond acceptors (Lipinski definition) is 6. The first-order chi connectivity index (χ1) is 9.13. The Bertz CT molecular complexity index is 591. The molecule has 0 unspecified atom stereocenters. The van der Waals surface area contributed by atoms with Crippen LogP contribution in [0.1, 0.15) is 32.8 Å². The molecule has 19 heavy (non-hydrogen) atoms. The maximum Gasteiger partial charge on any atom is 0.343 e. The number of aryl methyl sites for hydroxylation is 1. The Labute approximate surface area is 113 Å². The van der Waals surface area contributed by atoms with Crippen LogP contribution in [0.15, 0.2) is 11.6 Å². The fourth-order valence-electron chi connectivity index (χ4n) is 1.47. The predicted molar refractivity (Wildman–Crippen MR) is 69.3 cm³/mol. The van der Waals surface area contributed by atoms with Gasteiger partial charge in [0.1, 0.15) is 5.56 Å². The fourth-order valence-corrected chi connectivity index (χ4v) is 2.00. The number of ether oxygens (including phenoxy) is 1. The topological polar surface area (TPSA) is 97.0 Å². The number of rotatable bonds is 4. The van der Waals surface area contributed by atoms with E-state index in [9.17, 15) is 9.59 Å². The number of esters is 1. The Balaban J connectivity index is 2.21. The molecule has 2 N–H and O–H groups in total. The predicted octanol–water partition coefficient (Wildman–Crippen LogP) is 1.60. The van der Waals surface area contributed by atoms with Gasteiger partial charge in [-0.3, -0.25) is 9.89 Å². The van der Waals surface area contributed by atoms with Gasteiger partial charge in [0, 0.05) is 17.3 Å². The van der Waals surface area contributed by atoms with E-state index >= 15 is 0 Å². The van der Waals surface area contributed by atoms with E-state index in [4.69, 9.17) is 4.74 Å². The number of aromatic nitrogens is 3. The lowest BCUT2D eigenvalue weighted by molar-refractivity contribution is 0.0527. The Kier molecular flexibility index (Phi) is 3.91. The standard InChI is InChI=1S/C11H12N4O3S/c1-3-18-11(17)7-6(2)14-15-8(7)13-9(16)10-12-4-5-19-10/h4-5H,3H2,1-2H3,(H2,13,14,15,16). The highest BCUT2D eigenvalue weighted by Gasteiger charge is 2.21. The van der Waals surface area contributed by atoms with Gasteiger partial charge in [-0.05, 0) is 13.8 Å². The molecule has 2 rings (SSSR count). The average Bonchev–Trinajstić information content (AvgIpc) is 2.99. The van der Waals surface area contributed by atoms with E-state index in [-0.39, 0.29) is 18.0 Å². The summed E-state index contributed by atoms with van der Waals surface area (Å²) in [6.45, 7) is 3.64. The summed E-state index contributed by atoms with van der Waals surface area (Å²) in [5.74, 6) is -0.786. The molecule has 0 spiro atoms. The molecule has 8 heteroatoms. The molecule has 0 fully saturated rings.